The molecule has 1 aliphatic heterocycles. The fourth-order valence-electron chi connectivity index (χ4n) is 2.97. The first kappa shape index (κ1) is 13.9. The molecule has 1 saturated heterocycles. The molecule has 1 aromatic rings. The van der Waals surface area contributed by atoms with E-state index in [2.05, 4.69) is 24.1 Å². The third-order valence-electron chi connectivity index (χ3n) is 3.95. The van der Waals surface area contributed by atoms with Crippen LogP contribution < -0.4 is 5.32 Å². The molecular weight excluding hydrogens is 236 g/mol. The first-order valence-corrected chi connectivity index (χ1v) is 7.30. The number of nitrogens with zero attached hydrogens (tertiary/aromatic N) is 1. The molecule has 0 aliphatic carbocycles. The lowest BCUT2D eigenvalue weighted by molar-refractivity contribution is 0.0512. The SMILES string of the molecule is CCNc1ccccc1C(=O)N1[C@H](C)CCC[C@@H]1C. The Morgan fingerprint density at radius 1 is 1.26 bits per heavy atom. The highest BCUT2D eigenvalue weighted by Crippen LogP contribution is 2.26. The standard InChI is InChI=1S/C16H24N2O/c1-4-17-15-11-6-5-10-14(15)16(19)18-12(2)8-7-9-13(18)3/h5-6,10-13,17H,4,7-9H2,1-3H3/t12-,13+. The summed E-state index contributed by atoms with van der Waals surface area (Å²) in [6, 6.07) is 8.49. The predicted octanol–water partition coefficient (Wildman–Crippen LogP) is 3.52. The minimum absolute atomic E-state index is 0.163. The van der Waals surface area contributed by atoms with Crippen LogP contribution in [0.2, 0.25) is 0 Å². The number of nitrogens with one attached hydrogen (secondary N) is 1. The zero-order valence-electron chi connectivity index (χ0n) is 12.1. The summed E-state index contributed by atoms with van der Waals surface area (Å²) in [4.78, 5) is 14.9. The first-order valence-electron chi connectivity index (χ1n) is 7.30. The molecule has 1 fully saturated rings. The minimum Gasteiger partial charge on any atom is -0.385 e. The van der Waals surface area contributed by atoms with Crippen LogP contribution in [0.5, 0.6) is 0 Å². The van der Waals surface area contributed by atoms with Crippen molar-refractivity contribution < 1.29 is 4.79 Å². The lowest BCUT2D eigenvalue weighted by Crippen LogP contribution is -2.47. The molecule has 1 N–H and O–H groups in total. The Kier molecular flexibility index (Phi) is 4.46. The molecule has 0 bridgehead atoms. The maximum Gasteiger partial charge on any atom is 0.256 e. The van der Waals surface area contributed by atoms with Crippen molar-refractivity contribution in [1.82, 2.24) is 4.90 Å². The molecule has 2 rings (SSSR count). The molecule has 0 saturated carbocycles. The molecule has 1 aliphatic rings. The number of anilines is 1. The van der Waals surface area contributed by atoms with E-state index in [0.717, 1.165) is 30.6 Å². The Balaban J connectivity index is 2.27. The molecule has 104 valence electrons. The third-order valence-corrected chi connectivity index (χ3v) is 3.95. The molecule has 0 aromatic heterocycles. The van der Waals surface area contributed by atoms with E-state index in [0.29, 0.717) is 12.1 Å². The van der Waals surface area contributed by atoms with E-state index < -0.39 is 0 Å². The number of benzene rings is 1. The van der Waals surface area contributed by atoms with Gasteiger partial charge in [0, 0.05) is 24.3 Å². The quantitative estimate of drug-likeness (QED) is 0.901. The zero-order valence-corrected chi connectivity index (χ0v) is 12.1. The number of piperidine rings is 1. The summed E-state index contributed by atoms with van der Waals surface area (Å²) in [7, 11) is 0. The fraction of sp³-hybridized carbons (Fsp3) is 0.562. The summed E-state index contributed by atoms with van der Waals surface area (Å²) < 4.78 is 0. The highest BCUT2D eigenvalue weighted by molar-refractivity contribution is 6.00. The highest BCUT2D eigenvalue weighted by Gasteiger charge is 2.30. The third kappa shape index (κ3) is 2.91. The van der Waals surface area contributed by atoms with Gasteiger partial charge in [0.1, 0.15) is 0 Å². The molecule has 2 atom stereocenters. The number of rotatable bonds is 3. The highest BCUT2D eigenvalue weighted by atomic mass is 16.2. The molecule has 1 aromatic carbocycles. The summed E-state index contributed by atoms with van der Waals surface area (Å²) >= 11 is 0. The number of hydrogen-bond donors (Lipinski definition) is 1. The van der Waals surface area contributed by atoms with Gasteiger partial charge >= 0.3 is 0 Å². The molecule has 0 unspecified atom stereocenters. The van der Waals surface area contributed by atoms with E-state index in [-0.39, 0.29) is 5.91 Å². The van der Waals surface area contributed by atoms with Crippen molar-refractivity contribution in [1.29, 1.82) is 0 Å². The Labute approximate surface area is 116 Å². The maximum atomic E-state index is 12.8. The summed E-state index contributed by atoms with van der Waals surface area (Å²) in [5, 5.41) is 3.28. The van der Waals surface area contributed by atoms with Gasteiger partial charge in [-0.3, -0.25) is 4.79 Å². The largest absolute Gasteiger partial charge is 0.385 e. The topological polar surface area (TPSA) is 32.3 Å². The summed E-state index contributed by atoms with van der Waals surface area (Å²) in [6.07, 6.45) is 3.44. The smallest absolute Gasteiger partial charge is 0.256 e. The molecule has 3 nitrogen and oxygen atoms in total. The van der Waals surface area contributed by atoms with Crippen LogP contribution in [-0.2, 0) is 0 Å². The predicted molar refractivity (Wildman–Crippen MR) is 79.6 cm³/mol. The van der Waals surface area contributed by atoms with E-state index in [9.17, 15) is 4.79 Å². The van der Waals surface area contributed by atoms with Crippen molar-refractivity contribution in [3.63, 3.8) is 0 Å². The second-order valence-electron chi connectivity index (χ2n) is 5.42. The van der Waals surface area contributed by atoms with Crippen molar-refractivity contribution in [2.45, 2.75) is 52.1 Å². The van der Waals surface area contributed by atoms with Crippen LogP contribution in [-0.4, -0.2) is 29.4 Å². The van der Waals surface area contributed by atoms with Gasteiger partial charge < -0.3 is 10.2 Å². The molecule has 19 heavy (non-hydrogen) atoms. The summed E-state index contributed by atoms with van der Waals surface area (Å²) in [5.41, 5.74) is 1.74. The van der Waals surface area contributed by atoms with Gasteiger partial charge in [0.05, 0.1) is 5.56 Å². The second-order valence-corrected chi connectivity index (χ2v) is 5.42. The number of hydrogen-bond acceptors (Lipinski definition) is 2. The van der Waals surface area contributed by atoms with Gasteiger partial charge in [0.2, 0.25) is 0 Å². The minimum atomic E-state index is 0.163. The van der Waals surface area contributed by atoms with Crippen LogP contribution in [0.4, 0.5) is 5.69 Å². The molecule has 3 heteroatoms. The van der Waals surface area contributed by atoms with Crippen molar-refractivity contribution in [2.24, 2.45) is 0 Å². The van der Waals surface area contributed by atoms with Crippen LogP contribution in [0, 0.1) is 0 Å². The van der Waals surface area contributed by atoms with Gasteiger partial charge in [-0.05, 0) is 52.2 Å². The Morgan fingerprint density at radius 2 is 1.89 bits per heavy atom. The van der Waals surface area contributed by atoms with E-state index in [4.69, 9.17) is 0 Å². The summed E-state index contributed by atoms with van der Waals surface area (Å²) in [6.45, 7) is 7.19. The number of para-hydroxylation sites is 1. The number of amides is 1. The maximum absolute atomic E-state index is 12.8. The van der Waals surface area contributed by atoms with Crippen LogP contribution >= 0.6 is 0 Å². The van der Waals surface area contributed by atoms with Crippen molar-refractivity contribution in [3.05, 3.63) is 29.8 Å². The van der Waals surface area contributed by atoms with Crippen molar-refractivity contribution in [2.75, 3.05) is 11.9 Å². The lowest BCUT2D eigenvalue weighted by atomic mass is 9.96. The van der Waals surface area contributed by atoms with Gasteiger partial charge in [0.25, 0.3) is 5.91 Å². The first-order chi connectivity index (χ1) is 9.15. The van der Waals surface area contributed by atoms with Gasteiger partial charge in [-0.2, -0.15) is 0 Å². The second kappa shape index (κ2) is 6.09. The number of carbonyl (C=O) groups excluding carboxylic acids is 1. The number of carbonyl (C=O) groups is 1. The number of likely N-dealkylation sites (tertiary alicyclic amines) is 1. The molecular formula is C16H24N2O. The average molecular weight is 260 g/mol. The van der Waals surface area contributed by atoms with Crippen LogP contribution in [0.1, 0.15) is 50.4 Å². The van der Waals surface area contributed by atoms with Gasteiger partial charge in [-0.15, -0.1) is 0 Å². The van der Waals surface area contributed by atoms with Gasteiger partial charge in [-0.1, -0.05) is 12.1 Å². The van der Waals surface area contributed by atoms with Gasteiger partial charge in [0.15, 0.2) is 0 Å². The molecule has 1 heterocycles. The van der Waals surface area contributed by atoms with E-state index >= 15 is 0 Å². The zero-order chi connectivity index (χ0) is 13.8. The normalized spacial score (nSPS) is 23.2. The summed E-state index contributed by atoms with van der Waals surface area (Å²) in [5.74, 6) is 0.163. The lowest BCUT2D eigenvalue weighted by Gasteiger charge is -2.39. The Hall–Kier alpha value is -1.51. The van der Waals surface area contributed by atoms with E-state index in [1.54, 1.807) is 0 Å². The molecule has 1 amide bonds. The van der Waals surface area contributed by atoms with E-state index in [1.807, 2.05) is 31.2 Å². The fourth-order valence-corrected chi connectivity index (χ4v) is 2.97. The van der Waals surface area contributed by atoms with E-state index in [1.165, 1.54) is 6.42 Å². The van der Waals surface area contributed by atoms with Gasteiger partial charge in [-0.25, -0.2) is 0 Å². The van der Waals surface area contributed by atoms with Crippen molar-refractivity contribution >= 4 is 11.6 Å². The van der Waals surface area contributed by atoms with Crippen molar-refractivity contribution in [3.8, 4) is 0 Å². The molecule has 0 spiro atoms. The van der Waals surface area contributed by atoms with Crippen LogP contribution in [0.25, 0.3) is 0 Å². The average Bonchev–Trinajstić information content (AvgIpc) is 2.39. The monoisotopic (exact) mass is 260 g/mol. The Bertz CT molecular complexity index is 434. The van der Waals surface area contributed by atoms with Crippen LogP contribution in [0.3, 0.4) is 0 Å². The Morgan fingerprint density at radius 3 is 2.53 bits per heavy atom. The van der Waals surface area contributed by atoms with Crippen LogP contribution in [0.15, 0.2) is 24.3 Å². The molecule has 0 radical (unpaired) electrons.